The first-order valence-electron chi connectivity index (χ1n) is 11.1. The number of hydrogen-bond acceptors (Lipinski definition) is 6. The number of phenols is 1. The normalized spacial score (nSPS) is 10.9. The van der Waals surface area contributed by atoms with Gasteiger partial charge in [0.2, 0.25) is 17.7 Å². The zero-order valence-electron chi connectivity index (χ0n) is 19.1. The number of anilines is 1. The molecule has 0 bridgehead atoms. The van der Waals surface area contributed by atoms with Crippen LogP contribution in [-0.4, -0.2) is 20.9 Å². The van der Waals surface area contributed by atoms with E-state index in [-0.39, 0.29) is 34.8 Å². The molecular formula is C26H21Cl2N3O5. The highest BCUT2D eigenvalue weighted by atomic mass is 35.5. The first-order valence-corrected chi connectivity index (χ1v) is 11.9. The van der Waals surface area contributed by atoms with Crippen molar-refractivity contribution in [2.24, 2.45) is 0 Å². The van der Waals surface area contributed by atoms with E-state index < -0.39 is 4.92 Å². The van der Waals surface area contributed by atoms with E-state index in [9.17, 15) is 20.0 Å². The van der Waals surface area contributed by atoms with Crippen LogP contribution in [-0.2, 0) is 4.79 Å². The van der Waals surface area contributed by atoms with Gasteiger partial charge in [-0.25, -0.2) is 4.98 Å². The molecule has 0 spiro atoms. The fourth-order valence-corrected chi connectivity index (χ4v) is 4.28. The molecule has 10 heteroatoms. The Morgan fingerprint density at radius 2 is 1.75 bits per heavy atom. The first kappa shape index (κ1) is 25.2. The number of aromatic hydroxyl groups is 1. The van der Waals surface area contributed by atoms with Crippen molar-refractivity contribution in [1.29, 1.82) is 0 Å². The lowest BCUT2D eigenvalue weighted by atomic mass is 9.98. The molecule has 1 aromatic heterocycles. The zero-order chi connectivity index (χ0) is 25.8. The first-order chi connectivity index (χ1) is 17.3. The van der Waals surface area contributed by atoms with E-state index in [4.69, 9.17) is 27.6 Å². The second-order valence-electron chi connectivity index (χ2n) is 7.95. The van der Waals surface area contributed by atoms with E-state index in [1.54, 1.807) is 42.5 Å². The summed E-state index contributed by atoms with van der Waals surface area (Å²) in [7, 11) is 0. The third-order valence-corrected chi connectivity index (χ3v) is 6.11. The number of nitro benzene ring substituents is 1. The van der Waals surface area contributed by atoms with E-state index in [2.05, 4.69) is 10.3 Å². The summed E-state index contributed by atoms with van der Waals surface area (Å²) in [5, 5.41) is 25.0. The number of amides is 1. The number of halogens is 2. The van der Waals surface area contributed by atoms with Crippen molar-refractivity contribution in [2.45, 2.75) is 26.2 Å². The molecule has 0 unspecified atom stereocenters. The molecule has 0 fully saturated rings. The third kappa shape index (κ3) is 5.19. The van der Waals surface area contributed by atoms with Crippen LogP contribution in [0.3, 0.4) is 0 Å². The summed E-state index contributed by atoms with van der Waals surface area (Å²) < 4.78 is 6.03. The molecule has 0 saturated heterocycles. The molecule has 36 heavy (non-hydrogen) atoms. The Kier molecular flexibility index (Phi) is 7.57. The van der Waals surface area contributed by atoms with Gasteiger partial charge in [-0.3, -0.25) is 20.2 Å². The number of nitrogens with one attached hydrogen (secondary N) is 1. The van der Waals surface area contributed by atoms with Gasteiger partial charge >= 0.3 is 0 Å². The van der Waals surface area contributed by atoms with Crippen LogP contribution in [0.25, 0.3) is 33.8 Å². The standard InChI is InChI=1S/C26H21Cl2N3O5/c1-2-3-11-22(33)29-26-24(23-19(27)9-6-10-20(23)28)30-25(36-26)18-8-5-4-7-16(18)17-13-12-15(31(34)35)14-21(17)32/h4-10,12-14,32H,2-3,11H2,1H3,(H,29,33). The maximum Gasteiger partial charge on any atom is 0.273 e. The predicted octanol–water partition coefficient (Wildman–Crippen LogP) is 7.72. The molecule has 0 aliphatic rings. The highest BCUT2D eigenvalue weighted by Gasteiger charge is 2.24. The minimum atomic E-state index is -0.587. The highest BCUT2D eigenvalue weighted by Crippen LogP contribution is 2.43. The number of unbranched alkanes of at least 4 members (excludes halogenated alkanes) is 1. The molecule has 0 aliphatic heterocycles. The van der Waals surface area contributed by atoms with Gasteiger partial charge in [-0.05, 0) is 36.2 Å². The van der Waals surface area contributed by atoms with Crippen LogP contribution in [0.15, 0.2) is 65.1 Å². The van der Waals surface area contributed by atoms with Crippen molar-refractivity contribution in [3.05, 3.63) is 80.8 Å². The second kappa shape index (κ2) is 10.8. The molecule has 0 aliphatic carbocycles. The molecule has 1 heterocycles. The second-order valence-corrected chi connectivity index (χ2v) is 8.76. The van der Waals surface area contributed by atoms with Crippen molar-refractivity contribution in [3.8, 4) is 39.6 Å². The van der Waals surface area contributed by atoms with Crippen LogP contribution in [0, 0.1) is 10.1 Å². The number of hydrogen-bond donors (Lipinski definition) is 2. The molecule has 3 aromatic carbocycles. The minimum absolute atomic E-state index is 0.0869. The van der Waals surface area contributed by atoms with Gasteiger partial charge in [-0.1, -0.05) is 60.8 Å². The fourth-order valence-electron chi connectivity index (χ4n) is 3.71. The van der Waals surface area contributed by atoms with Crippen molar-refractivity contribution in [2.75, 3.05) is 5.32 Å². The topological polar surface area (TPSA) is 118 Å². The zero-order valence-corrected chi connectivity index (χ0v) is 20.6. The molecule has 0 atom stereocenters. The van der Waals surface area contributed by atoms with Gasteiger partial charge in [0.1, 0.15) is 11.4 Å². The Morgan fingerprint density at radius 1 is 1.06 bits per heavy atom. The van der Waals surface area contributed by atoms with E-state index in [1.165, 1.54) is 12.1 Å². The van der Waals surface area contributed by atoms with Gasteiger partial charge in [0.25, 0.3) is 5.69 Å². The molecule has 0 saturated carbocycles. The summed E-state index contributed by atoms with van der Waals surface area (Å²) in [5.74, 6) is -0.292. The van der Waals surface area contributed by atoms with Gasteiger partial charge in [-0.2, -0.15) is 0 Å². The average Bonchev–Trinajstić information content (AvgIpc) is 3.25. The lowest BCUT2D eigenvalue weighted by Crippen LogP contribution is -2.11. The summed E-state index contributed by atoms with van der Waals surface area (Å²) in [4.78, 5) is 27.7. The number of rotatable bonds is 8. The van der Waals surface area contributed by atoms with Crippen LogP contribution in [0.4, 0.5) is 11.6 Å². The van der Waals surface area contributed by atoms with E-state index >= 15 is 0 Å². The number of nitrogens with zero attached hydrogens (tertiary/aromatic N) is 2. The van der Waals surface area contributed by atoms with Gasteiger partial charge in [-0.15, -0.1) is 0 Å². The van der Waals surface area contributed by atoms with Crippen LogP contribution >= 0.6 is 23.2 Å². The van der Waals surface area contributed by atoms with Gasteiger partial charge in [0, 0.05) is 29.2 Å². The molecular weight excluding hydrogens is 505 g/mol. The fraction of sp³-hybridized carbons (Fsp3) is 0.154. The number of oxazole rings is 1. The Hall–Kier alpha value is -3.88. The molecule has 1 amide bonds. The van der Waals surface area contributed by atoms with E-state index in [0.717, 1.165) is 12.5 Å². The van der Waals surface area contributed by atoms with Crippen LogP contribution in [0.1, 0.15) is 26.2 Å². The summed E-state index contributed by atoms with van der Waals surface area (Å²) in [6.07, 6.45) is 1.86. The number of carbonyl (C=O) groups is 1. The SMILES string of the molecule is CCCCC(=O)Nc1oc(-c2ccccc2-c2ccc([N+](=O)[O-])cc2O)nc1-c1c(Cl)cccc1Cl. The summed E-state index contributed by atoms with van der Waals surface area (Å²) in [6, 6.07) is 15.8. The van der Waals surface area contributed by atoms with Crippen molar-refractivity contribution >= 4 is 40.7 Å². The highest BCUT2D eigenvalue weighted by molar-refractivity contribution is 6.39. The Morgan fingerprint density at radius 3 is 2.39 bits per heavy atom. The Balaban J connectivity index is 1.86. The number of nitro groups is 1. The summed E-state index contributed by atoms with van der Waals surface area (Å²) in [5.41, 5.74) is 1.77. The number of non-ortho nitro benzene ring substituents is 1. The maximum atomic E-state index is 12.5. The Bertz CT molecular complexity index is 1430. The van der Waals surface area contributed by atoms with Crippen molar-refractivity contribution < 1.29 is 19.2 Å². The lowest BCUT2D eigenvalue weighted by Gasteiger charge is -2.09. The summed E-state index contributed by atoms with van der Waals surface area (Å²) >= 11 is 12.9. The van der Waals surface area contributed by atoms with Gasteiger partial charge in [0.05, 0.1) is 21.0 Å². The molecule has 8 nitrogen and oxygen atoms in total. The van der Waals surface area contributed by atoms with Crippen LogP contribution in [0.2, 0.25) is 10.0 Å². The number of benzene rings is 3. The number of phenolic OH excluding ortho intramolecular Hbond substituents is 1. The lowest BCUT2D eigenvalue weighted by molar-refractivity contribution is -0.384. The Labute approximate surface area is 216 Å². The minimum Gasteiger partial charge on any atom is -0.507 e. The average molecular weight is 526 g/mol. The van der Waals surface area contributed by atoms with Gasteiger partial charge in [0.15, 0.2) is 0 Å². The molecule has 184 valence electrons. The molecule has 2 N–H and O–H groups in total. The predicted molar refractivity (Wildman–Crippen MR) is 139 cm³/mol. The quantitative estimate of drug-likeness (QED) is 0.179. The monoisotopic (exact) mass is 525 g/mol. The van der Waals surface area contributed by atoms with Gasteiger partial charge < -0.3 is 9.52 Å². The van der Waals surface area contributed by atoms with Crippen LogP contribution in [0.5, 0.6) is 5.75 Å². The third-order valence-electron chi connectivity index (χ3n) is 5.48. The number of aromatic nitrogens is 1. The number of carbonyl (C=O) groups excluding carboxylic acids is 1. The molecule has 4 rings (SSSR count). The van der Waals surface area contributed by atoms with E-state index in [1.807, 2.05) is 6.92 Å². The summed E-state index contributed by atoms with van der Waals surface area (Å²) in [6.45, 7) is 1.99. The maximum absolute atomic E-state index is 12.5. The largest absolute Gasteiger partial charge is 0.507 e. The molecule has 0 radical (unpaired) electrons. The molecule has 4 aromatic rings. The van der Waals surface area contributed by atoms with E-state index in [0.29, 0.717) is 45.1 Å². The van der Waals surface area contributed by atoms with Crippen molar-refractivity contribution in [3.63, 3.8) is 0 Å². The smallest absolute Gasteiger partial charge is 0.273 e. The van der Waals surface area contributed by atoms with Crippen LogP contribution < -0.4 is 5.32 Å². The van der Waals surface area contributed by atoms with Crippen molar-refractivity contribution in [1.82, 2.24) is 4.98 Å².